The fraction of sp³-hybridized carbons (Fsp3) is 0.700. The zero-order valence-corrected chi connectivity index (χ0v) is 17.6. The first-order chi connectivity index (χ1) is 12.8. The van der Waals surface area contributed by atoms with Crippen LogP contribution >= 0.6 is 7.37 Å². The molecule has 1 aliphatic rings. The number of aliphatic hydroxyl groups is 1. The summed E-state index contributed by atoms with van der Waals surface area (Å²) in [4.78, 5) is 10.3. The van der Waals surface area contributed by atoms with Crippen LogP contribution < -0.4 is 14.8 Å². The smallest absolute Gasteiger partial charge is 0.203 e. The van der Waals surface area contributed by atoms with E-state index >= 15 is 0 Å². The molecular formula is C20H34NO5P. The van der Waals surface area contributed by atoms with Crippen molar-refractivity contribution in [3.05, 3.63) is 23.8 Å². The Balaban J connectivity index is 1.85. The summed E-state index contributed by atoms with van der Waals surface area (Å²) in [5, 5.41) is 13.5. The van der Waals surface area contributed by atoms with Crippen molar-refractivity contribution in [1.82, 2.24) is 5.32 Å². The lowest BCUT2D eigenvalue weighted by Gasteiger charge is -2.25. The molecule has 6 nitrogen and oxygen atoms in total. The topological polar surface area (TPSA) is 88.0 Å². The number of methoxy groups -OCH3 is 2. The molecule has 3 N–H and O–H groups in total. The first-order valence-electron chi connectivity index (χ1n) is 9.78. The van der Waals surface area contributed by atoms with Crippen LogP contribution in [0.25, 0.3) is 0 Å². The summed E-state index contributed by atoms with van der Waals surface area (Å²) in [7, 11) is -0.0991. The van der Waals surface area contributed by atoms with Crippen molar-refractivity contribution in [3.63, 3.8) is 0 Å². The maximum absolute atomic E-state index is 12.5. The minimum absolute atomic E-state index is 0.0509. The van der Waals surface area contributed by atoms with Crippen molar-refractivity contribution < 1.29 is 24.0 Å². The number of nitrogens with one attached hydrogen (secondary N) is 1. The quantitative estimate of drug-likeness (QED) is 0.522. The average Bonchev–Trinajstić information content (AvgIpc) is 2.65. The second-order valence-electron chi connectivity index (χ2n) is 7.65. The van der Waals surface area contributed by atoms with Crippen molar-refractivity contribution in [2.75, 3.05) is 33.1 Å². The molecule has 1 aliphatic carbocycles. The van der Waals surface area contributed by atoms with E-state index in [1.165, 1.54) is 6.42 Å². The number of rotatable bonds is 10. The van der Waals surface area contributed by atoms with Gasteiger partial charge < -0.3 is 24.8 Å². The zero-order chi connectivity index (χ0) is 19.9. The largest absolute Gasteiger partial charge is 0.497 e. The van der Waals surface area contributed by atoms with Gasteiger partial charge in [-0.1, -0.05) is 19.3 Å². The van der Waals surface area contributed by atoms with E-state index in [1.807, 2.05) is 19.1 Å². The van der Waals surface area contributed by atoms with E-state index in [1.54, 1.807) is 20.3 Å². The Morgan fingerprint density at radius 3 is 2.30 bits per heavy atom. The molecule has 2 unspecified atom stereocenters. The first-order valence-corrected chi connectivity index (χ1v) is 11.8. The summed E-state index contributed by atoms with van der Waals surface area (Å²) >= 11 is 0. The van der Waals surface area contributed by atoms with Crippen molar-refractivity contribution in [2.24, 2.45) is 5.92 Å². The van der Waals surface area contributed by atoms with Crippen molar-refractivity contribution in [1.29, 1.82) is 0 Å². The van der Waals surface area contributed by atoms with Gasteiger partial charge in [0.15, 0.2) is 0 Å². The van der Waals surface area contributed by atoms with Gasteiger partial charge in [0.2, 0.25) is 7.37 Å². The molecule has 1 aromatic carbocycles. The zero-order valence-electron chi connectivity index (χ0n) is 16.7. The third-order valence-electron chi connectivity index (χ3n) is 5.30. The lowest BCUT2D eigenvalue weighted by atomic mass is 9.91. The molecule has 1 saturated carbocycles. The molecule has 1 fully saturated rings. The van der Waals surface area contributed by atoms with Gasteiger partial charge in [-0.2, -0.15) is 0 Å². The van der Waals surface area contributed by atoms with Crippen LogP contribution in [0.1, 0.15) is 50.6 Å². The fourth-order valence-corrected chi connectivity index (χ4v) is 5.86. The maximum Gasteiger partial charge on any atom is 0.203 e. The maximum atomic E-state index is 12.5. The molecule has 2 rings (SSSR count). The van der Waals surface area contributed by atoms with Crippen LogP contribution in [0.15, 0.2) is 18.2 Å². The molecule has 0 aliphatic heterocycles. The van der Waals surface area contributed by atoms with Crippen molar-refractivity contribution >= 4 is 7.37 Å². The Hall–Kier alpha value is -1.07. The van der Waals surface area contributed by atoms with Gasteiger partial charge in [0.25, 0.3) is 0 Å². The van der Waals surface area contributed by atoms with Crippen LogP contribution in [0.5, 0.6) is 11.5 Å². The highest BCUT2D eigenvalue weighted by Crippen LogP contribution is 2.45. The second kappa shape index (κ2) is 10.5. The molecule has 154 valence electrons. The Labute approximate surface area is 162 Å². The molecule has 3 atom stereocenters. The Morgan fingerprint density at radius 1 is 1.15 bits per heavy atom. The monoisotopic (exact) mass is 399 g/mol. The summed E-state index contributed by atoms with van der Waals surface area (Å²) in [6, 6.07) is 5.57. The van der Waals surface area contributed by atoms with Crippen LogP contribution in [0.2, 0.25) is 0 Å². The summed E-state index contributed by atoms with van der Waals surface area (Å²) in [5.74, 6) is 1.73. The summed E-state index contributed by atoms with van der Waals surface area (Å²) in [6.07, 6.45) is 5.04. The number of hydrogen-bond donors (Lipinski definition) is 3. The van der Waals surface area contributed by atoms with Gasteiger partial charge in [0.05, 0.1) is 26.5 Å². The van der Waals surface area contributed by atoms with Crippen LogP contribution in [-0.4, -0.2) is 49.2 Å². The van der Waals surface area contributed by atoms with Crippen LogP contribution in [-0.2, 0) is 4.57 Å². The first kappa shape index (κ1) is 22.2. The molecular weight excluding hydrogens is 365 g/mol. The Morgan fingerprint density at radius 2 is 1.74 bits per heavy atom. The highest BCUT2D eigenvalue weighted by molar-refractivity contribution is 7.58. The third kappa shape index (κ3) is 7.46. The van der Waals surface area contributed by atoms with E-state index in [0.29, 0.717) is 23.6 Å². The molecule has 0 spiro atoms. The molecule has 0 saturated heterocycles. The molecule has 27 heavy (non-hydrogen) atoms. The Kier molecular flexibility index (Phi) is 8.62. The number of ether oxygens (including phenoxy) is 2. The molecule has 7 heteroatoms. The number of aliphatic hydroxyl groups excluding tert-OH is 1. The van der Waals surface area contributed by atoms with Gasteiger partial charge >= 0.3 is 0 Å². The minimum Gasteiger partial charge on any atom is -0.497 e. The Bertz CT molecular complexity index is 611. The van der Waals surface area contributed by atoms with Gasteiger partial charge in [-0.25, -0.2) is 0 Å². The van der Waals surface area contributed by atoms with Crippen LogP contribution in [0, 0.1) is 5.92 Å². The predicted molar refractivity (Wildman–Crippen MR) is 108 cm³/mol. The summed E-state index contributed by atoms with van der Waals surface area (Å²) < 4.78 is 23.1. The SMILES string of the molecule is COc1cc(OC)cc(C(C)NC[C@H](O)CP(=O)(O)CC2CCCCC2)c1. The van der Waals surface area contributed by atoms with Gasteiger partial charge in [-0.3, -0.25) is 4.57 Å². The lowest BCUT2D eigenvalue weighted by Crippen LogP contribution is -2.32. The molecule has 0 aromatic heterocycles. The van der Waals surface area contributed by atoms with Gasteiger partial charge in [-0.15, -0.1) is 0 Å². The number of benzene rings is 1. The van der Waals surface area contributed by atoms with E-state index < -0.39 is 13.5 Å². The van der Waals surface area contributed by atoms with Gasteiger partial charge in [0.1, 0.15) is 11.5 Å². The second-order valence-corrected chi connectivity index (χ2v) is 10.1. The molecule has 0 heterocycles. The minimum atomic E-state index is -3.30. The molecule has 0 amide bonds. The van der Waals surface area contributed by atoms with E-state index in [9.17, 15) is 14.6 Å². The summed E-state index contributed by atoms with van der Waals surface area (Å²) in [6.45, 7) is 2.23. The third-order valence-corrected chi connectivity index (χ3v) is 7.38. The molecule has 1 aromatic rings. The van der Waals surface area contributed by atoms with E-state index in [-0.39, 0.29) is 18.7 Å². The highest BCUT2D eigenvalue weighted by atomic mass is 31.2. The highest BCUT2D eigenvalue weighted by Gasteiger charge is 2.28. The van der Waals surface area contributed by atoms with Crippen molar-refractivity contribution in [3.8, 4) is 11.5 Å². The van der Waals surface area contributed by atoms with E-state index in [0.717, 1.165) is 31.2 Å². The lowest BCUT2D eigenvalue weighted by molar-refractivity contribution is 0.186. The average molecular weight is 399 g/mol. The van der Waals surface area contributed by atoms with Crippen LogP contribution in [0.4, 0.5) is 0 Å². The van der Waals surface area contributed by atoms with Crippen molar-refractivity contribution in [2.45, 2.75) is 51.2 Å². The van der Waals surface area contributed by atoms with E-state index in [4.69, 9.17) is 9.47 Å². The van der Waals surface area contributed by atoms with E-state index in [2.05, 4.69) is 5.32 Å². The standard InChI is InChI=1S/C20H34NO5P/c1-15(17-9-19(25-2)11-20(10-17)26-3)21-12-18(22)14-27(23,24)13-16-7-5-4-6-8-16/h9-11,15-16,18,21-22H,4-8,12-14H2,1-3H3,(H,23,24)/t15?,18-/m0/s1. The fourth-order valence-electron chi connectivity index (χ4n) is 3.75. The molecule has 0 bridgehead atoms. The normalized spacial score (nSPS) is 19.9. The molecule has 0 radical (unpaired) electrons. The number of hydrogen-bond acceptors (Lipinski definition) is 5. The van der Waals surface area contributed by atoms with Gasteiger partial charge in [-0.05, 0) is 43.4 Å². The van der Waals surface area contributed by atoms with Gasteiger partial charge in [0, 0.05) is 24.8 Å². The van der Waals surface area contributed by atoms with Crippen LogP contribution in [0.3, 0.4) is 0 Å². The predicted octanol–water partition coefficient (Wildman–Crippen LogP) is 3.57. The summed E-state index contributed by atoms with van der Waals surface area (Å²) in [5.41, 5.74) is 0.966.